The van der Waals surface area contributed by atoms with Crippen LogP contribution in [0.4, 0.5) is 11.4 Å². The molecule has 100 valence electrons. The predicted molar refractivity (Wildman–Crippen MR) is 86.2 cm³/mol. The Hall–Kier alpha value is -2.53. The fourth-order valence-electron chi connectivity index (χ4n) is 2.00. The normalized spacial score (nSPS) is 10.4. The molecule has 1 heterocycles. The summed E-state index contributed by atoms with van der Waals surface area (Å²) < 4.78 is 0. The average Bonchev–Trinajstić information content (AvgIpc) is 2.86. The van der Waals surface area contributed by atoms with Crippen molar-refractivity contribution in [3.05, 3.63) is 54.7 Å². The van der Waals surface area contributed by atoms with E-state index in [0.717, 1.165) is 22.3 Å². The van der Waals surface area contributed by atoms with Crippen LogP contribution >= 0.6 is 12.2 Å². The number of aromatic amines is 1. The number of hydrogen-bond acceptors (Lipinski definition) is 2. The highest BCUT2D eigenvalue weighted by molar-refractivity contribution is 7.80. The number of aromatic hydroxyl groups is 1. The first kappa shape index (κ1) is 12.5. The van der Waals surface area contributed by atoms with Crippen molar-refractivity contribution in [2.45, 2.75) is 0 Å². The van der Waals surface area contributed by atoms with Crippen molar-refractivity contribution in [2.75, 3.05) is 10.6 Å². The maximum absolute atomic E-state index is 9.40. The zero-order valence-electron chi connectivity index (χ0n) is 10.6. The molecule has 0 bridgehead atoms. The van der Waals surface area contributed by atoms with Crippen molar-refractivity contribution in [3.63, 3.8) is 0 Å². The van der Waals surface area contributed by atoms with Crippen molar-refractivity contribution in [1.29, 1.82) is 0 Å². The summed E-state index contributed by atoms with van der Waals surface area (Å²) >= 11 is 5.25. The number of H-pyrrole nitrogens is 1. The molecule has 3 rings (SSSR count). The first-order chi connectivity index (χ1) is 9.70. The van der Waals surface area contributed by atoms with Crippen LogP contribution in [-0.4, -0.2) is 15.2 Å². The third kappa shape index (κ3) is 2.73. The smallest absolute Gasteiger partial charge is 0.175 e. The van der Waals surface area contributed by atoms with Crippen molar-refractivity contribution in [3.8, 4) is 5.75 Å². The third-order valence-electron chi connectivity index (χ3n) is 2.92. The Bertz CT molecular complexity index is 766. The Morgan fingerprint density at radius 2 is 1.80 bits per heavy atom. The Morgan fingerprint density at radius 1 is 1.00 bits per heavy atom. The van der Waals surface area contributed by atoms with Crippen LogP contribution in [0.2, 0.25) is 0 Å². The number of anilines is 2. The molecule has 0 aliphatic rings. The number of benzene rings is 2. The van der Waals surface area contributed by atoms with Crippen LogP contribution in [0.3, 0.4) is 0 Å². The molecule has 1 aromatic heterocycles. The predicted octanol–water partition coefficient (Wildman–Crippen LogP) is 3.68. The molecule has 0 atom stereocenters. The summed E-state index contributed by atoms with van der Waals surface area (Å²) in [5.74, 6) is 0.200. The number of nitrogens with one attached hydrogen (secondary N) is 3. The number of thiocarbonyl (C=S) groups is 1. The summed E-state index contributed by atoms with van der Waals surface area (Å²) in [5.41, 5.74) is 2.69. The van der Waals surface area contributed by atoms with Crippen LogP contribution in [0.1, 0.15) is 0 Å². The van der Waals surface area contributed by atoms with Gasteiger partial charge in [-0.25, -0.2) is 0 Å². The summed E-state index contributed by atoms with van der Waals surface area (Å²) in [5, 5.41) is 17.2. The highest BCUT2D eigenvalue weighted by Crippen LogP contribution is 2.19. The van der Waals surface area contributed by atoms with Gasteiger partial charge in [-0.1, -0.05) is 12.1 Å². The molecule has 20 heavy (non-hydrogen) atoms. The SMILES string of the molecule is Oc1cccc(NC(=S)Nc2ccc3cc[nH]c3c2)c1. The van der Waals surface area contributed by atoms with Crippen LogP contribution in [0, 0.1) is 0 Å². The van der Waals surface area contributed by atoms with Crippen molar-refractivity contribution >= 4 is 39.6 Å². The minimum Gasteiger partial charge on any atom is -0.508 e. The molecule has 0 fully saturated rings. The molecular formula is C15H13N3OS. The number of phenolic OH excluding ortho intramolecular Hbond substituents is 1. The Morgan fingerprint density at radius 3 is 2.60 bits per heavy atom. The largest absolute Gasteiger partial charge is 0.508 e. The first-order valence-electron chi connectivity index (χ1n) is 6.15. The lowest BCUT2D eigenvalue weighted by Gasteiger charge is -2.10. The molecule has 4 N–H and O–H groups in total. The van der Waals surface area contributed by atoms with Gasteiger partial charge < -0.3 is 20.7 Å². The van der Waals surface area contributed by atoms with Gasteiger partial charge >= 0.3 is 0 Å². The molecule has 0 radical (unpaired) electrons. The van der Waals surface area contributed by atoms with Gasteiger partial charge in [0.1, 0.15) is 5.75 Å². The van der Waals surface area contributed by atoms with Crippen molar-refractivity contribution in [2.24, 2.45) is 0 Å². The van der Waals surface area contributed by atoms with E-state index in [1.54, 1.807) is 18.2 Å². The Balaban J connectivity index is 1.72. The summed E-state index contributed by atoms with van der Waals surface area (Å²) in [7, 11) is 0. The summed E-state index contributed by atoms with van der Waals surface area (Å²) in [4.78, 5) is 3.15. The molecule has 0 saturated heterocycles. The van der Waals surface area contributed by atoms with E-state index < -0.39 is 0 Å². The quantitative estimate of drug-likeness (QED) is 0.542. The van der Waals surface area contributed by atoms with Gasteiger partial charge in [-0.05, 0) is 47.9 Å². The van der Waals surface area contributed by atoms with E-state index in [-0.39, 0.29) is 5.75 Å². The summed E-state index contributed by atoms with van der Waals surface area (Å²) in [6.07, 6.45) is 1.90. The zero-order valence-corrected chi connectivity index (χ0v) is 11.4. The van der Waals surface area contributed by atoms with Crippen LogP contribution in [0.15, 0.2) is 54.7 Å². The molecule has 2 aromatic carbocycles. The molecule has 0 amide bonds. The number of aromatic nitrogens is 1. The summed E-state index contributed by atoms with van der Waals surface area (Å²) in [6, 6.07) is 14.8. The van der Waals surface area contributed by atoms with Gasteiger partial charge in [-0.2, -0.15) is 0 Å². The molecular weight excluding hydrogens is 270 g/mol. The van der Waals surface area contributed by atoms with Crippen LogP contribution in [0.5, 0.6) is 5.75 Å². The third-order valence-corrected chi connectivity index (χ3v) is 3.12. The number of hydrogen-bond donors (Lipinski definition) is 4. The van der Waals surface area contributed by atoms with E-state index in [1.807, 2.05) is 36.5 Å². The molecule has 3 aromatic rings. The first-order valence-corrected chi connectivity index (χ1v) is 6.56. The van der Waals surface area contributed by atoms with Crippen molar-refractivity contribution in [1.82, 2.24) is 4.98 Å². The van der Waals surface area contributed by atoms with Gasteiger partial charge in [0, 0.05) is 29.2 Å². The zero-order chi connectivity index (χ0) is 13.9. The van der Waals surface area contributed by atoms with E-state index in [4.69, 9.17) is 12.2 Å². The standard InChI is InChI=1S/C15H13N3OS/c19-13-3-1-2-11(8-13)17-15(20)18-12-5-4-10-6-7-16-14(10)9-12/h1-9,16,19H,(H2,17,18,20). The molecule has 0 saturated carbocycles. The second kappa shape index (κ2) is 5.22. The Kier molecular flexibility index (Phi) is 3.26. The Labute approximate surface area is 121 Å². The fraction of sp³-hybridized carbons (Fsp3) is 0. The van der Waals surface area contributed by atoms with E-state index in [1.165, 1.54) is 0 Å². The van der Waals surface area contributed by atoms with Crippen LogP contribution in [-0.2, 0) is 0 Å². The number of fused-ring (bicyclic) bond motifs is 1. The van der Waals surface area contributed by atoms with Crippen molar-refractivity contribution < 1.29 is 5.11 Å². The van der Waals surface area contributed by atoms with Crippen LogP contribution < -0.4 is 10.6 Å². The maximum atomic E-state index is 9.40. The van der Waals surface area contributed by atoms with E-state index in [0.29, 0.717) is 5.11 Å². The van der Waals surface area contributed by atoms with Gasteiger partial charge in [-0.15, -0.1) is 0 Å². The minimum absolute atomic E-state index is 0.200. The lowest BCUT2D eigenvalue weighted by molar-refractivity contribution is 0.475. The lowest BCUT2D eigenvalue weighted by atomic mass is 10.2. The average molecular weight is 283 g/mol. The lowest BCUT2D eigenvalue weighted by Crippen LogP contribution is -2.18. The van der Waals surface area contributed by atoms with Gasteiger partial charge in [0.2, 0.25) is 0 Å². The molecule has 4 nitrogen and oxygen atoms in total. The topological polar surface area (TPSA) is 60.1 Å². The minimum atomic E-state index is 0.200. The highest BCUT2D eigenvalue weighted by Gasteiger charge is 2.01. The molecule has 0 unspecified atom stereocenters. The van der Waals surface area contributed by atoms with Gasteiger partial charge in [0.25, 0.3) is 0 Å². The highest BCUT2D eigenvalue weighted by atomic mass is 32.1. The number of rotatable bonds is 2. The second-order valence-corrected chi connectivity index (χ2v) is 4.82. The van der Waals surface area contributed by atoms with E-state index in [9.17, 15) is 5.11 Å². The van der Waals surface area contributed by atoms with Crippen LogP contribution in [0.25, 0.3) is 10.9 Å². The molecule has 5 heteroatoms. The van der Waals surface area contributed by atoms with Gasteiger partial charge in [0.05, 0.1) is 0 Å². The maximum Gasteiger partial charge on any atom is 0.175 e. The fourth-order valence-corrected chi connectivity index (χ4v) is 2.24. The number of phenols is 1. The van der Waals surface area contributed by atoms with E-state index in [2.05, 4.69) is 15.6 Å². The monoisotopic (exact) mass is 283 g/mol. The van der Waals surface area contributed by atoms with E-state index >= 15 is 0 Å². The van der Waals surface area contributed by atoms with Gasteiger partial charge in [-0.3, -0.25) is 0 Å². The second-order valence-electron chi connectivity index (χ2n) is 4.41. The summed E-state index contributed by atoms with van der Waals surface area (Å²) in [6.45, 7) is 0. The molecule has 0 spiro atoms. The molecule has 0 aliphatic heterocycles. The molecule has 0 aliphatic carbocycles. The van der Waals surface area contributed by atoms with Gasteiger partial charge in [0.15, 0.2) is 5.11 Å².